The largest absolute Gasteiger partial charge is 0.299 e. The van der Waals surface area contributed by atoms with Crippen LogP contribution < -0.4 is 0 Å². The van der Waals surface area contributed by atoms with Gasteiger partial charge in [-0.3, -0.25) is 5.10 Å². The monoisotopic (exact) mass is 437 g/mol. The van der Waals surface area contributed by atoms with E-state index < -0.39 is 0 Å². The summed E-state index contributed by atoms with van der Waals surface area (Å²) >= 11 is 9.10. The lowest BCUT2D eigenvalue weighted by Gasteiger charge is -2.04. The summed E-state index contributed by atoms with van der Waals surface area (Å²) in [5.41, 5.74) is 3.25. The van der Waals surface area contributed by atoms with Gasteiger partial charge in [0.15, 0.2) is 5.82 Å². The molecule has 0 amide bonds. The Morgan fingerprint density at radius 1 is 1.19 bits per heavy atom. The van der Waals surface area contributed by atoms with Crippen LogP contribution in [0.25, 0.3) is 17.1 Å². The number of rotatable bonds is 4. The van der Waals surface area contributed by atoms with E-state index in [1.54, 1.807) is 27.7 Å². The maximum Gasteiger partial charge on any atom is 0.186 e. The number of hydrogen-bond acceptors (Lipinski definition) is 5. The van der Waals surface area contributed by atoms with Gasteiger partial charge < -0.3 is 0 Å². The maximum atomic E-state index is 8.91. The van der Waals surface area contributed by atoms with E-state index in [1.165, 1.54) is 0 Å². The highest BCUT2D eigenvalue weighted by Crippen LogP contribution is 2.22. The summed E-state index contributed by atoms with van der Waals surface area (Å²) in [5.74, 6) is 0.578. The van der Waals surface area contributed by atoms with Crippen LogP contribution in [-0.2, 0) is 6.54 Å². The molecule has 0 aliphatic carbocycles. The Hall–Kier alpha value is -3.09. The molecule has 0 spiro atoms. The lowest BCUT2D eigenvalue weighted by Crippen LogP contribution is -2.04. The van der Waals surface area contributed by atoms with E-state index >= 15 is 0 Å². The Morgan fingerprint density at radius 3 is 2.74 bits per heavy atom. The molecule has 132 valence electrons. The van der Waals surface area contributed by atoms with E-state index in [0.717, 1.165) is 21.3 Å². The van der Waals surface area contributed by atoms with Crippen molar-refractivity contribution in [2.45, 2.75) is 6.54 Å². The Bertz CT molecular complexity index is 1200. The summed E-state index contributed by atoms with van der Waals surface area (Å²) in [6.45, 7) is 0.477. The summed E-state index contributed by atoms with van der Waals surface area (Å²) < 4.78 is 5.04. The van der Waals surface area contributed by atoms with Gasteiger partial charge >= 0.3 is 0 Å². The molecule has 0 aliphatic heterocycles. The lowest BCUT2D eigenvalue weighted by atomic mass is 10.1. The van der Waals surface area contributed by atoms with E-state index in [9.17, 15) is 0 Å². The van der Waals surface area contributed by atoms with E-state index in [4.69, 9.17) is 17.5 Å². The smallest absolute Gasteiger partial charge is 0.186 e. The van der Waals surface area contributed by atoms with Crippen LogP contribution >= 0.6 is 28.1 Å². The number of hydrogen-bond donors (Lipinski definition) is 1. The Balaban J connectivity index is 1.69. The summed E-state index contributed by atoms with van der Waals surface area (Å²) in [7, 11) is 0. The molecule has 7 nitrogen and oxygen atoms in total. The molecule has 0 aliphatic rings. The van der Waals surface area contributed by atoms with Gasteiger partial charge in [-0.1, -0.05) is 46.3 Å². The van der Waals surface area contributed by atoms with E-state index in [2.05, 4.69) is 42.6 Å². The predicted molar refractivity (Wildman–Crippen MR) is 106 cm³/mol. The number of halogens is 1. The van der Waals surface area contributed by atoms with Crippen molar-refractivity contribution >= 4 is 28.1 Å². The second-order valence-electron chi connectivity index (χ2n) is 5.78. The third kappa shape index (κ3) is 3.45. The van der Waals surface area contributed by atoms with E-state index in [1.807, 2.05) is 36.4 Å². The van der Waals surface area contributed by atoms with Crippen LogP contribution in [0.2, 0.25) is 0 Å². The molecule has 0 unspecified atom stereocenters. The average Bonchev–Trinajstić information content (AvgIpc) is 3.28. The van der Waals surface area contributed by atoms with Crippen LogP contribution in [0.5, 0.6) is 0 Å². The predicted octanol–water partition coefficient (Wildman–Crippen LogP) is 3.87. The second-order valence-corrected chi connectivity index (χ2v) is 7.08. The Labute approximate surface area is 168 Å². The number of nitrogens with one attached hydrogen (secondary N) is 1. The number of H-pyrrole nitrogens is 1. The van der Waals surface area contributed by atoms with E-state index in [-0.39, 0.29) is 0 Å². The molecule has 27 heavy (non-hydrogen) atoms. The van der Waals surface area contributed by atoms with Crippen molar-refractivity contribution in [2.24, 2.45) is 0 Å². The van der Waals surface area contributed by atoms with Gasteiger partial charge in [-0.25, -0.2) is 9.36 Å². The van der Waals surface area contributed by atoms with Gasteiger partial charge in [0.25, 0.3) is 0 Å². The van der Waals surface area contributed by atoms with Gasteiger partial charge in [0.05, 0.1) is 29.4 Å². The summed E-state index contributed by atoms with van der Waals surface area (Å²) in [5, 5.41) is 24.1. The number of aromatic nitrogens is 6. The highest BCUT2D eigenvalue weighted by atomic mass is 79.9. The molecule has 2 aromatic carbocycles. The first-order valence-corrected chi connectivity index (χ1v) is 9.18. The highest BCUT2D eigenvalue weighted by molar-refractivity contribution is 9.10. The molecular formula is C18H12BrN7S. The van der Waals surface area contributed by atoms with Gasteiger partial charge in [0.1, 0.15) is 4.64 Å². The first kappa shape index (κ1) is 17.3. The SMILES string of the molecule is N#Cc1ccc(Cn2nnnc2-c2c[nH]n(-c3cccc(Br)c3)c2=S)cc1. The highest BCUT2D eigenvalue weighted by Gasteiger charge is 2.15. The zero-order valence-corrected chi connectivity index (χ0v) is 16.3. The minimum absolute atomic E-state index is 0.477. The summed E-state index contributed by atoms with van der Waals surface area (Å²) in [6, 6.07) is 17.2. The van der Waals surface area contributed by atoms with Crippen LogP contribution in [0.4, 0.5) is 0 Å². The van der Waals surface area contributed by atoms with Gasteiger partial charge in [0, 0.05) is 10.7 Å². The Kier molecular flexibility index (Phi) is 4.66. The van der Waals surface area contributed by atoms with Gasteiger partial charge in [0.2, 0.25) is 0 Å². The lowest BCUT2D eigenvalue weighted by molar-refractivity contribution is 0.653. The average molecular weight is 438 g/mol. The minimum atomic E-state index is 0.477. The zero-order chi connectivity index (χ0) is 18.8. The summed E-state index contributed by atoms with van der Waals surface area (Å²) in [6.07, 6.45) is 1.80. The molecule has 9 heteroatoms. The molecule has 0 saturated carbocycles. The fourth-order valence-corrected chi connectivity index (χ4v) is 3.39. The zero-order valence-electron chi connectivity index (χ0n) is 13.9. The normalized spacial score (nSPS) is 10.7. The van der Waals surface area contributed by atoms with Gasteiger partial charge in [-0.05, 0) is 46.3 Å². The number of nitrogens with zero attached hydrogens (tertiary/aromatic N) is 6. The van der Waals surface area contributed by atoms with Crippen LogP contribution in [0.15, 0.2) is 59.2 Å². The molecule has 1 N–H and O–H groups in total. The molecule has 2 aromatic heterocycles. The van der Waals surface area contributed by atoms with Gasteiger partial charge in [-0.15, -0.1) is 5.10 Å². The molecule has 2 heterocycles. The standard InChI is InChI=1S/C18H12BrN7S/c19-14-2-1-3-15(8-14)26-18(27)16(10-21-26)17-22-23-24-25(17)11-13-6-4-12(9-20)5-7-13/h1-8,10,21H,11H2. The third-order valence-electron chi connectivity index (χ3n) is 4.03. The van der Waals surface area contributed by atoms with Crippen LogP contribution in [0.3, 0.4) is 0 Å². The molecule has 4 rings (SSSR count). The van der Waals surface area contributed by atoms with Crippen molar-refractivity contribution in [3.8, 4) is 23.1 Å². The van der Waals surface area contributed by atoms with Crippen molar-refractivity contribution in [2.75, 3.05) is 0 Å². The van der Waals surface area contributed by atoms with Gasteiger partial charge in [-0.2, -0.15) is 5.26 Å². The minimum Gasteiger partial charge on any atom is -0.299 e. The van der Waals surface area contributed by atoms with Crippen LogP contribution in [-0.4, -0.2) is 30.0 Å². The van der Waals surface area contributed by atoms with E-state index in [0.29, 0.717) is 22.6 Å². The molecule has 0 fully saturated rings. The third-order valence-corrected chi connectivity index (χ3v) is 4.92. The second kappa shape index (κ2) is 7.26. The number of aromatic amines is 1. The topological polar surface area (TPSA) is 88.1 Å². The van der Waals surface area contributed by atoms with Crippen LogP contribution in [0.1, 0.15) is 11.1 Å². The van der Waals surface area contributed by atoms with Crippen molar-refractivity contribution < 1.29 is 0 Å². The molecular weight excluding hydrogens is 426 g/mol. The molecule has 0 atom stereocenters. The first-order valence-electron chi connectivity index (χ1n) is 7.97. The van der Waals surface area contributed by atoms with Crippen molar-refractivity contribution in [1.82, 2.24) is 30.0 Å². The maximum absolute atomic E-state index is 8.91. The van der Waals surface area contributed by atoms with Crippen LogP contribution in [0, 0.1) is 16.0 Å². The number of nitriles is 1. The molecule has 0 saturated heterocycles. The van der Waals surface area contributed by atoms with Crippen molar-refractivity contribution in [1.29, 1.82) is 5.26 Å². The molecule has 0 bridgehead atoms. The number of benzene rings is 2. The van der Waals surface area contributed by atoms with Crippen molar-refractivity contribution in [3.05, 3.63) is 75.0 Å². The number of tetrazole rings is 1. The first-order chi connectivity index (χ1) is 13.2. The Morgan fingerprint density at radius 2 is 2.00 bits per heavy atom. The molecule has 0 radical (unpaired) electrons. The fraction of sp³-hybridized carbons (Fsp3) is 0.0556. The quantitative estimate of drug-likeness (QED) is 0.489. The fourth-order valence-electron chi connectivity index (χ4n) is 2.70. The van der Waals surface area contributed by atoms with Crippen molar-refractivity contribution in [3.63, 3.8) is 0 Å². The molecule has 4 aromatic rings. The summed E-state index contributed by atoms with van der Waals surface area (Å²) in [4.78, 5) is 0.